The molecule has 4 rings (SSSR count). The number of amides is 2. The van der Waals surface area contributed by atoms with Crippen LogP contribution in [0, 0.1) is 0 Å². The number of rotatable bonds is 9. The topological polar surface area (TPSA) is 121 Å². The smallest absolute Gasteiger partial charge is 0.416 e. The Hall–Kier alpha value is -3.94. The van der Waals surface area contributed by atoms with E-state index in [0.717, 1.165) is 19.2 Å². The fourth-order valence-electron chi connectivity index (χ4n) is 4.02. The summed E-state index contributed by atoms with van der Waals surface area (Å²) >= 11 is 0. The first kappa shape index (κ1) is 28.1. The van der Waals surface area contributed by atoms with E-state index in [-0.39, 0.29) is 17.8 Å². The number of aromatic nitrogens is 2. The molecule has 5 N–H and O–H groups in total. The molecule has 1 saturated heterocycles. The third kappa shape index (κ3) is 8.27. The minimum atomic E-state index is -4.54. The maximum atomic E-state index is 13.8. The van der Waals surface area contributed by atoms with Gasteiger partial charge in [0.15, 0.2) is 0 Å². The summed E-state index contributed by atoms with van der Waals surface area (Å²) < 4.78 is 47.2. The number of carbonyl (C=O) groups is 1. The van der Waals surface area contributed by atoms with Gasteiger partial charge in [0.2, 0.25) is 5.88 Å². The molecule has 1 aromatic heterocycles. The molecule has 2 amide bonds. The highest BCUT2D eigenvalue weighted by molar-refractivity contribution is 5.99. The van der Waals surface area contributed by atoms with Gasteiger partial charge in [-0.2, -0.15) is 13.2 Å². The summed E-state index contributed by atoms with van der Waals surface area (Å²) in [6, 6.07) is 11.3. The van der Waals surface area contributed by atoms with Gasteiger partial charge in [-0.1, -0.05) is 6.07 Å². The number of hydrogen-bond acceptors (Lipinski definition) is 8. The summed E-state index contributed by atoms with van der Waals surface area (Å²) in [5.41, 5.74) is 5.37. The fraction of sp³-hybridized carbons (Fsp3) is 0.346. The standard InChI is InChI=1S/C26H31F3N8O2/c1-36-10-12-37(13-11-36)16-18-2-3-20(14-22(18)26(27,28)29)35-25(38)34-19-4-6-21(7-5-19)39-24-15-23(31-9-8-30)32-17-33-24/h2-7,14-15,17H,8-13,16,30H2,1H3,(H,31,32,33)(H2,34,35,38). The second kappa shape index (κ2) is 12.7. The van der Waals surface area contributed by atoms with Crippen LogP contribution in [0.5, 0.6) is 11.6 Å². The number of likely N-dealkylation sites (N-methyl/N-ethyl adjacent to an activating group) is 1. The lowest BCUT2D eigenvalue weighted by Crippen LogP contribution is -2.44. The Bertz CT molecular complexity index is 1250. The normalized spacial score (nSPS) is 14.6. The van der Waals surface area contributed by atoms with Crippen LogP contribution in [0.1, 0.15) is 11.1 Å². The van der Waals surface area contributed by atoms with Gasteiger partial charge >= 0.3 is 12.2 Å². The molecule has 39 heavy (non-hydrogen) atoms. The highest BCUT2D eigenvalue weighted by Gasteiger charge is 2.34. The molecule has 0 atom stereocenters. The molecule has 0 bridgehead atoms. The Morgan fingerprint density at radius 2 is 1.69 bits per heavy atom. The van der Waals surface area contributed by atoms with Crippen molar-refractivity contribution in [2.24, 2.45) is 5.73 Å². The quantitative estimate of drug-likeness (QED) is 0.319. The van der Waals surface area contributed by atoms with Gasteiger partial charge in [0.1, 0.15) is 17.9 Å². The average molecular weight is 545 g/mol. The van der Waals surface area contributed by atoms with Gasteiger partial charge < -0.3 is 31.3 Å². The van der Waals surface area contributed by atoms with Crippen LogP contribution in [0.2, 0.25) is 0 Å². The monoisotopic (exact) mass is 544 g/mol. The molecular formula is C26H31F3N8O2. The second-order valence-electron chi connectivity index (χ2n) is 9.11. The number of anilines is 3. The zero-order chi connectivity index (χ0) is 27.8. The van der Waals surface area contributed by atoms with E-state index in [9.17, 15) is 18.0 Å². The van der Waals surface area contributed by atoms with E-state index in [2.05, 4.69) is 30.8 Å². The predicted octanol–water partition coefficient (Wildman–Crippen LogP) is 4.05. The second-order valence-corrected chi connectivity index (χ2v) is 9.11. The number of urea groups is 1. The van der Waals surface area contributed by atoms with E-state index < -0.39 is 17.8 Å². The Balaban J connectivity index is 1.35. The van der Waals surface area contributed by atoms with Crippen LogP contribution in [0.3, 0.4) is 0 Å². The molecule has 0 radical (unpaired) electrons. The number of piperazine rings is 1. The summed E-state index contributed by atoms with van der Waals surface area (Å²) in [6.07, 6.45) is -3.19. The number of alkyl halides is 3. The summed E-state index contributed by atoms with van der Waals surface area (Å²) in [5.74, 6) is 1.36. The first-order valence-corrected chi connectivity index (χ1v) is 12.4. The first-order chi connectivity index (χ1) is 18.7. The molecule has 0 unspecified atom stereocenters. The predicted molar refractivity (Wildman–Crippen MR) is 143 cm³/mol. The highest BCUT2D eigenvalue weighted by atomic mass is 19.4. The lowest BCUT2D eigenvalue weighted by Gasteiger charge is -2.33. The molecule has 1 fully saturated rings. The first-order valence-electron chi connectivity index (χ1n) is 12.4. The van der Waals surface area contributed by atoms with Crippen molar-refractivity contribution in [3.05, 3.63) is 66.0 Å². The lowest BCUT2D eigenvalue weighted by molar-refractivity contribution is -0.138. The maximum absolute atomic E-state index is 13.8. The van der Waals surface area contributed by atoms with Gasteiger partial charge in [-0.15, -0.1) is 0 Å². The summed E-state index contributed by atoms with van der Waals surface area (Å²) in [5, 5.41) is 8.12. The third-order valence-corrected chi connectivity index (χ3v) is 6.09. The van der Waals surface area contributed by atoms with Crippen LogP contribution in [-0.2, 0) is 12.7 Å². The van der Waals surface area contributed by atoms with E-state index in [1.807, 2.05) is 11.9 Å². The van der Waals surface area contributed by atoms with Gasteiger partial charge in [-0.05, 0) is 49.0 Å². The van der Waals surface area contributed by atoms with E-state index in [1.165, 1.54) is 18.5 Å². The number of nitrogens with two attached hydrogens (primary N) is 1. The molecule has 3 aromatic rings. The van der Waals surface area contributed by atoms with Crippen molar-refractivity contribution in [1.82, 2.24) is 19.8 Å². The molecule has 0 aliphatic carbocycles. The van der Waals surface area contributed by atoms with Crippen LogP contribution >= 0.6 is 0 Å². The zero-order valence-corrected chi connectivity index (χ0v) is 21.5. The molecule has 13 heteroatoms. The average Bonchev–Trinajstić information content (AvgIpc) is 2.90. The Kier molecular flexibility index (Phi) is 9.17. The Morgan fingerprint density at radius 1 is 1.00 bits per heavy atom. The number of hydrogen-bond donors (Lipinski definition) is 4. The molecule has 2 aromatic carbocycles. The van der Waals surface area contributed by atoms with Crippen molar-refractivity contribution in [2.75, 3.05) is 62.3 Å². The molecule has 0 saturated carbocycles. The number of nitrogens with one attached hydrogen (secondary N) is 3. The van der Waals surface area contributed by atoms with Gasteiger partial charge in [0.25, 0.3) is 0 Å². The number of nitrogens with zero attached hydrogens (tertiary/aromatic N) is 4. The Labute approximate surface area is 224 Å². The van der Waals surface area contributed by atoms with E-state index in [0.29, 0.717) is 49.3 Å². The molecule has 10 nitrogen and oxygen atoms in total. The number of ether oxygens (including phenoxy) is 1. The third-order valence-electron chi connectivity index (χ3n) is 6.09. The SMILES string of the molecule is CN1CCN(Cc2ccc(NC(=O)Nc3ccc(Oc4cc(NCCN)ncn4)cc3)cc2C(F)(F)F)CC1. The van der Waals surface area contributed by atoms with Crippen molar-refractivity contribution in [3.63, 3.8) is 0 Å². The van der Waals surface area contributed by atoms with Crippen molar-refractivity contribution < 1.29 is 22.7 Å². The molecule has 0 spiro atoms. The van der Waals surface area contributed by atoms with Crippen LogP contribution in [-0.4, -0.2) is 72.1 Å². The number of carbonyl (C=O) groups excluding carboxylic acids is 1. The molecular weight excluding hydrogens is 513 g/mol. The van der Waals surface area contributed by atoms with E-state index in [4.69, 9.17) is 10.5 Å². The van der Waals surface area contributed by atoms with Crippen molar-refractivity contribution in [3.8, 4) is 11.6 Å². The summed E-state index contributed by atoms with van der Waals surface area (Å²) in [7, 11) is 1.99. The van der Waals surface area contributed by atoms with Gasteiger partial charge in [-0.25, -0.2) is 14.8 Å². The Morgan fingerprint density at radius 3 is 2.38 bits per heavy atom. The lowest BCUT2D eigenvalue weighted by atomic mass is 10.0. The molecule has 208 valence electrons. The van der Waals surface area contributed by atoms with Crippen molar-refractivity contribution in [2.45, 2.75) is 12.7 Å². The molecule has 1 aliphatic heterocycles. The van der Waals surface area contributed by atoms with Crippen molar-refractivity contribution >= 4 is 23.2 Å². The maximum Gasteiger partial charge on any atom is 0.416 e. The van der Waals surface area contributed by atoms with Crippen LogP contribution < -0.4 is 26.4 Å². The van der Waals surface area contributed by atoms with Crippen LogP contribution in [0.4, 0.5) is 35.2 Å². The fourth-order valence-corrected chi connectivity index (χ4v) is 4.02. The summed E-state index contributed by atoms with van der Waals surface area (Å²) in [6.45, 7) is 4.22. The van der Waals surface area contributed by atoms with Crippen LogP contribution in [0.15, 0.2) is 54.9 Å². The zero-order valence-electron chi connectivity index (χ0n) is 21.5. The summed E-state index contributed by atoms with van der Waals surface area (Å²) in [4.78, 5) is 24.8. The highest BCUT2D eigenvalue weighted by Crippen LogP contribution is 2.34. The van der Waals surface area contributed by atoms with E-state index >= 15 is 0 Å². The number of halogens is 3. The van der Waals surface area contributed by atoms with Crippen molar-refractivity contribution in [1.29, 1.82) is 0 Å². The van der Waals surface area contributed by atoms with Gasteiger partial charge in [0.05, 0.1) is 5.56 Å². The minimum absolute atomic E-state index is 0.0460. The molecule has 2 heterocycles. The van der Waals surface area contributed by atoms with Gasteiger partial charge in [0, 0.05) is 63.3 Å². The minimum Gasteiger partial charge on any atom is -0.439 e. The van der Waals surface area contributed by atoms with Crippen LogP contribution in [0.25, 0.3) is 0 Å². The van der Waals surface area contributed by atoms with E-state index in [1.54, 1.807) is 30.3 Å². The van der Waals surface area contributed by atoms with Gasteiger partial charge in [-0.3, -0.25) is 4.90 Å². The largest absolute Gasteiger partial charge is 0.439 e. The number of benzene rings is 2. The molecule has 1 aliphatic rings.